The molecule has 1 aromatic heterocycles. The van der Waals surface area contributed by atoms with E-state index in [1.54, 1.807) is 6.08 Å². The zero-order valence-corrected chi connectivity index (χ0v) is 5.76. The van der Waals surface area contributed by atoms with Crippen LogP contribution in [0, 0.1) is 6.92 Å². The fourth-order valence-electron chi connectivity index (χ4n) is 0.703. The molecule has 1 rings (SSSR count). The van der Waals surface area contributed by atoms with E-state index in [9.17, 15) is 0 Å². The van der Waals surface area contributed by atoms with Crippen LogP contribution in [0.2, 0.25) is 0 Å². The van der Waals surface area contributed by atoms with Crippen LogP contribution in [0.5, 0.6) is 0 Å². The van der Waals surface area contributed by atoms with Crippen molar-refractivity contribution >= 4 is 6.08 Å². The summed E-state index contributed by atoms with van der Waals surface area (Å²) >= 11 is 0. The lowest BCUT2D eigenvalue weighted by molar-refractivity contribution is 0.861. The molecule has 0 atom stereocenters. The Hall–Kier alpha value is -1.05. The summed E-state index contributed by atoms with van der Waals surface area (Å²) < 4.78 is 1.99. The van der Waals surface area contributed by atoms with Crippen LogP contribution in [0.4, 0.5) is 0 Å². The van der Waals surface area contributed by atoms with Gasteiger partial charge in [-0.1, -0.05) is 6.58 Å². The molecule has 48 valence electrons. The van der Waals surface area contributed by atoms with Crippen LogP contribution < -0.4 is 0 Å². The topological polar surface area (TPSA) is 17.8 Å². The highest BCUT2D eigenvalue weighted by Crippen LogP contribution is 2.00. The van der Waals surface area contributed by atoms with Gasteiger partial charge >= 0.3 is 0 Å². The van der Waals surface area contributed by atoms with Crippen LogP contribution in [0.1, 0.15) is 11.5 Å². The number of rotatable bonds is 1. The molecule has 0 spiro atoms. The summed E-state index contributed by atoms with van der Waals surface area (Å²) in [5.74, 6) is 0.924. The van der Waals surface area contributed by atoms with Gasteiger partial charge in [0.05, 0.1) is 0 Å². The third-order valence-corrected chi connectivity index (χ3v) is 1.44. The fourth-order valence-corrected chi connectivity index (χ4v) is 0.703. The first-order valence-corrected chi connectivity index (χ1v) is 2.86. The summed E-state index contributed by atoms with van der Waals surface area (Å²) in [6.07, 6.45) is 3.57. The largest absolute Gasteiger partial charge is 0.332 e. The van der Waals surface area contributed by atoms with Gasteiger partial charge in [0.2, 0.25) is 0 Å². The lowest BCUT2D eigenvalue weighted by atomic mass is 10.5. The average molecular weight is 122 g/mol. The van der Waals surface area contributed by atoms with Gasteiger partial charge in [0, 0.05) is 18.9 Å². The van der Waals surface area contributed by atoms with Crippen molar-refractivity contribution in [2.75, 3.05) is 0 Å². The van der Waals surface area contributed by atoms with Crippen molar-refractivity contribution in [2.45, 2.75) is 6.92 Å². The Labute approximate surface area is 54.8 Å². The van der Waals surface area contributed by atoms with Gasteiger partial charge < -0.3 is 4.57 Å². The Morgan fingerprint density at radius 2 is 2.44 bits per heavy atom. The highest BCUT2D eigenvalue weighted by Gasteiger charge is 1.95. The Bertz CT molecular complexity index is 223. The monoisotopic (exact) mass is 122 g/mol. The van der Waals surface area contributed by atoms with Crippen LogP contribution in [0.3, 0.4) is 0 Å². The molecule has 9 heavy (non-hydrogen) atoms. The predicted octanol–water partition coefficient (Wildman–Crippen LogP) is 1.37. The zero-order valence-electron chi connectivity index (χ0n) is 5.76. The van der Waals surface area contributed by atoms with Crippen LogP contribution >= 0.6 is 0 Å². The van der Waals surface area contributed by atoms with E-state index in [0.29, 0.717) is 0 Å². The van der Waals surface area contributed by atoms with E-state index in [1.165, 1.54) is 0 Å². The molecular weight excluding hydrogens is 112 g/mol. The Balaban J connectivity index is 3.18. The van der Waals surface area contributed by atoms with E-state index in [4.69, 9.17) is 0 Å². The molecule has 0 saturated carbocycles. The number of aromatic nitrogens is 2. The van der Waals surface area contributed by atoms with Crippen LogP contribution in [0.15, 0.2) is 12.8 Å². The van der Waals surface area contributed by atoms with E-state index in [1.807, 2.05) is 24.7 Å². The summed E-state index contributed by atoms with van der Waals surface area (Å²) in [5.41, 5.74) is 1.16. The Morgan fingerprint density at radius 1 is 1.78 bits per heavy atom. The van der Waals surface area contributed by atoms with E-state index in [0.717, 1.165) is 11.5 Å². The van der Waals surface area contributed by atoms with Gasteiger partial charge in [-0.25, -0.2) is 4.98 Å². The normalized spacial score (nSPS) is 9.56. The van der Waals surface area contributed by atoms with E-state index < -0.39 is 0 Å². The SMILES string of the molecule is C=Cc1ncc(C)n1C. The van der Waals surface area contributed by atoms with Crippen molar-refractivity contribution in [2.24, 2.45) is 7.05 Å². The number of hydrogen-bond acceptors (Lipinski definition) is 1. The molecule has 0 aliphatic rings. The van der Waals surface area contributed by atoms with E-state index in [-0.39, 0.29) is 0 Å². The molecule has 2 heteroatoms. The molecule has 0 saturated heterocycles. The van der Waals surface area contributed by atoms with Crippen molar-refractivity contribution in [1.29, 1.82) is 0 Å². The first kappa shape index (κ1) is 6.08. The molecule has 0 bridgehead atoms. The number of imidazole rings is 1. The highest BCUT2D eigenvalue weighted by atomic mass is 15.0. The lowest BCUT2D eigenvalue weighted by Crippen LogP contribution is -1.92. The maximum absolute atomic E-state index is 4.08. The fraction of sp³-hybridized carbons (Fsp3) is 0.286. The van der Waals surface area contributed by atoms with Crippen LogP contribution in [-0.4, -0.2) is 9.55 Å². The van der Waals surface area contributed by atoms with Crippen LogP contribution in [0.25, 0.3) is 6.08 Å². The Morgan fingerprint density at radius 3 is 2.67 bits per heavy atom. The number of hydrogen-bond donors (Lipinski definition) is 0. The van der Waals surface area contributed by atoms with E-state index in [2.05, 4.69) is 11.6 Å². The highest BCUT2D eigenvalue weighted by molar-refractivity contribution is 5.37. The minimum absolute atomic E-state index is 0.924. The molecule has 0 fully saturated rings. The van der Waals surface area contributed by atoms with Gasteiger partial charge in [-0.3, -0.25) is 0 Å². The molecule has 2 nitrogen and oxygen atoms in total. The van der Waals surface area contributed by atoms with Gasteiger partial charge in [0.15, 0.2) is 0 Å². The van der Waals surface area contributed by atoms with Crippen molar-refractivity contribution in [3.63, 3.8) is 0 Å². The number of nitrogens with zero attached hydrogens (tertiary/aromatic N) is 2. The van der Waals surface area contributed by atoms with Gasteiger partial charge in [-0.15, -0.1) is 0 Å². The van der Waals surface area contributed by atoms with Gasteiger partial charge in [0.25, 0.3) is 0 Å². The molecule has 0 radical (unpaired) electrons. The van der Waals surface area contributed by atoms with Gasteiger partial charge in [-0.2, -0.15) is 0 Å². The number of aryl methyl sites for hydroxylation is 1. The summed E-state index contributed by atoms with van der Waals surface area (Å²) in [4.78, 5) is 4.08. The van der Waals surface area contributed by atoms with E-state index >= 15 is 0 Å². The third kappa shape index (κ3) is 0.875. The lowest BCUT2D eigenvalue weighted by Gasteiger charge is -1.94. The summed E-state index contributed by atoms with van der Waals surface area (Å²) in [7, 11) is 1.97. The van der Waals surface area contributed by atoms with Crippen molar-refractivity contribution in [1.82, 2.24) is 9.55 Å². The first-order chi connectivity index (χ1) is 4.25. The molecule has 0 amide bonds. The average Bonchev–Trinajstić information content (AvgIpc) is 2.15. The standard InChI is InChI=1S/C7H10N2/c1-4-7-8-5-6(2)9(7)3/h4-5H,1H2,2-3H3. The van der Waals surface area contributed by atoms with Crippen molar-refractivity contribution < 1.29 is 0 Å². The third-order valence-electron chi connectivity index (χ3n) is 1.44. The summed E-state index contributed by atoms with van der Waals surface area (Å²) in [6, 6.07) is 0. The minimum Gasteiger partial charge on any atom is -0.332 e. The molecule has 0 N–H and O–H groups in total. The minimum atomic E-state index is 0.924. The summed E-state index contributed by atoms with van der Waals surface area (Å²) in [6.45, 7) is 5.64. The maximum Gasteiger partial charge on any atom is 0.131 e. The molecule has 0 aromatic carbocycles. The second kappa shape index (κ2) is 2.05. The predicted molar refractivity (Wildman–Crippen MR) is 38.0 cm³/mol. The molecular formula is C7H10N2. The molecule has 1 heterocycles. The Kier molecular flexibility index (Phi) is 1.39. The van der Waals surface area contributed by atoms with Crippen molar-refractivity contribution in [3.05, 3.63) is 24.3 Å². The van der Waals surface area contributed by atoms with Crippen molar-refractivity contribution in [3.8, 4) is 0 Å². The summed E-state index contributed by atoms with van der Waals surface area (Å²) in [5, 5.41) is 0. The second-order valence-electron chi connectivity index (χ2n) is 2.02. The zero-order chi connectivity index (χ0) is 6.85. The molecule has 1 aromatic rings. The molecule has 0 aliphatic heterocycles. The quantitative estimate of drug-likeness (QED) is 0.550. The first-order valence-electron chi connectivity index (χ1n) is 2.86. The molecule has 0 unspecified atom stereocenters. The molecule has 0 aliphatic carbocycles. The van der Waals surface area contributed by atoms with Crippen LogP contribution in [-0.2, 0) is 7.05 Å². The maximum atomic E-state index is 4.08. The smallest absolute Gasteiger partial charge is 0.131 e. The van der Waals surface area contributed by atoms with Gasteiger partial charge in [-0.05, 0) is 13.0 Å². The van der Waals surface area contributed by atoms with Gasteiger partial charge in [0.1, 0.15) is 5.82 Å². The second-order valence-corrected chi connectivity index (χ2v) is 2.02.